The first-order valence-corrected chi connectivity index (χ1v) is 8.83. The summed E-state index contributed by atoms with van der Waals surface area (Å²) in [6.07, 6.45) is 2.99. The van der Waals surface area contributed by atoms with Crippen LogP contribution in [0.1, 0.15) is 26.2 Å². The van der Waals surface area contributed by atoms with Crippen molar-refractivity contribution in [3.63, 3.8) is 0 Å². The Bertz CT molecular complexity index is 761. The van der Waals surface area contributed by atoms with Gasteiger partial charge in [-0.15, -0.1) is 0 Å². The molecule has 0 bridgehead atoms. The number of carbonyl (C=O) groups is 1. The first-order chi connectivity index (χ1) is 11.1. The highest BCUT2D eigenvalue weighted by molar-refractivity contribution is 7.99. The third-order valence-electron chi connectivity index (χ3n) is 3.41. The number of nitrogens with zero attached hydrogens (tertiary/aromatic N) is 2. The van der Waals surface area contributed by atoms with Crippen LogP contribution in [0.25, 0.3) is 10.9 Å². The summed E-state index contributed by atoms with van der Waals surface area (Å²) in [5.41, 5.74) is 0.441. The number of hydrogen-bond donors (Lipinski definition) is 0. The molecule has 0 saturated heterocycles. The number of thioether (sulfide) groups is 1. The summed E-state index contributed by atoms with van der Waals surface area (Å²) in [7, 11) is 1.34. The van der Waals surface area contributed by atoms with Crippen LogP contribution in [0, 0.1) is 0 Å². The minimum absolute atomic E-state index is 0.102. The third kappa shape index (κ3) is 4.48. The fraction of sp³-hybridized carbons (Fsp3) is 0.438. The Morgan fingerprint density at radius 2 is 2.17 bits per heavy atom. The van der Waals surface area contributed by atoms with Crippen LogP contribution in [-0.4, -0.2) is 28.4 Å². The van der Waals surface area contributed by atoms with Gasteiger partial charge in [-0.1, -0.05) is 43.1 Å². The molecule has 0 N–H and O–H groups in total. The number of fused-ring (bicyclic) bond motifs is 1. The highest BCUT2D eigenvalue weighted by atomic mass is 35.5. The van der Waals surface area contributed by atoms with Crippen molar-refractivity contribution >= 4 is 40.2 Å². The predicted octanol–water partition coefficient (Wildman–Crippen LogP) is 3.51. The summed E-state index contributed by atoms with van der Waals surface area (Å²) in [5, 5.41) is 1.58. The maximum absolute atomic E-state index is 12.7. The molecule has 7 heteroatoms. The molecule has 0 aliphatic heterocycles. The van der Waals surface area contributed by atoms with Gasteiger partial charge in [0.15, 0.2) is 5.16 Å². The summed E-state index contributed by atoms with van der Waals surface area (Å²) < 4.78 is 6.29. The van der Waals surface area contributed by atoms with Gasteiger partial charge in [-0.3, -0.25) is 14.2 Å². The van der Waals surface area contributed by atoms with E-state index in [-0.39, 0.29) is 17.3 Å². The van der Waals surface area contributed by atoms with Crippen molar-refractivity contribution in [3.8, 4) is 0 Å². The van der Waals surface area contributed by atoms with Crippen LogP contribution < -0.4 is 5.56 Å². The van der Waals surface area contributed by atoms with E-state index in [1.54, 1.807) is 22.8 Å². The van der Waals surface area contributed by atoms with E-state index in [0.717, 1.165) is 19.3 Å². The van der Waals surface area contributed by atoms with Gasteiger partial charge in [0.05, 0.1) is 23.8 Å². The van der Waals surface area contributed by atoms with E-state index in [1.807, 2.05) is 0 Å². The minimum atomic E-state index is -0.351. The van der Waals surface area contributed by atoms with E-state index in [0.29, 0.717) is 27.6 Å². The lowest BCUT2D eigenvalue weighted by Gasteiger charge is -2.12. The Balaban J connectivity index is 2.44. The van der Waals surface area contributed by atoms with Crippen molar-refractivity contribution in [2.24, 2.45) is 0 Å². The molecule has 5 nitrogen and oxygen atoms in total. The molecular weight excluding hydrogens is 336 g/mol. The molecule has 2 aromatic rings. The molecule has 124 valence electrons. The van der Waals surface area contributed by atoms with Crippen LogP contribution in [0.5, 0.6) is 0 Å². The van der Waals surface area contributed by atoms with Gasteiger partial charge in [0, 0.05) is 11.6 Å². The maximum atomic E-state index is 12.7. The molecule has 0 aliphatic carbocycles. The maximum Gasteiger partial charge on any atom is 0.316 e. The number of halogens is 1. The molecule has 0 radical (unpaired) electrons. The van der Waals surface area contributed by atoms with Crippen molar-refractivity contribution in [1.29, 1.82) is 0 Å². The fourth-order valence-electron chi connectivity index (χ4n) is 2.18. The Kier molecular flexibility index (Phi) is 6.47. The summed E-state index contributed by atoms with van der Waals surface area (Å²) in [6.45, 7) is 2.69. The van der Waals surface area contributed by atoms with Gasteiger partial charge in [-0.2, -0.15) is 0 Å². The first kappa shape index (κ1) is 17.8. The van der Waals surface area contributed by atoms with Gasteiger partial charge in [0.25, 0.3) is 5.56 Å². The number of unbranched alkanes of at least 4 members (excludes halogenated alkanes) is 2. The van der Waals surface area contributed by atoms with Crippen molar-refractivity contribution in [2.45, 2.75) is 37.9 Å². The first-order valence-electron chi connectivity index (χ1n) is 7.46. The number of benzene rings is 1. The largest absolute Gasteiger partial charge is 0.468 e. The second kappa shape index (κ2) is 8.36. The SMILES string of the molecule is CCCCCn1c(SCC(=O)OC)nc2cc(Cl)ccc2c1=O. The van der Waals surface area contributed by atoms with Gasteiger partial charge < -0.3 is 4.74 Å². The molecule has 1 aromatic heterocycles. The summed E-state index contributed by atoms with van der Waals surface area (Å²) in [5.74, 6) is -0.237. The van der Waals surface area contributed by atoms with Crippen LogP contribution in [0.15, 0.2) is 28.2 Å². The number of methoxy groups -OCH3 is 1. The summed E-state index contributed by atoms with van der Waals surface area (Å²) in [6, 6.07) is 5.04. The molecule has 0 aliphatic rings. The van der Waals surface area contributed by atoms with E-state index in [1.165, 1.54) is 18.9 Å². The molecule has 23 heavy (non-hydrogen) atoms. The molecule has 1 aromatic carbocycles. The van der Waals surface area contributed by atoms with Crippen LogP contribution in [-0.2, 0) is 16.1 Å². The molecular formula is C16H19ClN2O3S. The van der Waals surface area contributed by atoms with E-state index in [9.17, 15) is 9.59 Å². The molecule has 0 spiro atoms. The van der Waals surface area contributed by atoms with E-state index in [2.05, 4.69) is 16.6 Å². The van der Waals surface area contributed by atoms with E-state index >= 15 is 0 Å². The zero-order chi connectivity index (χ0) is 16.8. The summed E-state index contributed by atoms with van der Waals surface area (Å²) >= 11 is 7.19. The molecule has 0 saturated carbocycles. The van der Waals surface area contributed by atoms with Crippen LogP contribution in [0.4, 0.5) is 0 Å². The number of rotatable bonds is 7. The van der Waals surface area contributed by atoms with Crippen molar-refractivity contribution < 1.29 is 9.53 Å². The number of ether oxygens (including phenoxy) is 1. The van der Waals surface area contributed by atoms with Gasteiger partial charge >= 0.3 is 5.97 Å². The monoisotopic (exact) mass is 354 g/mol. The average Bonchev–Trinajstić information content (AvgIpc) is 2.54. The van der Waals surface area contributed by atoms with Crippen molar-refractivity contribution in [2.75, 3.05) is 12.9 Å². The molecule has 2 rings (SSSR count). The number of aromatic nitrogens is 2. The predicted molar refractivity (Wildman–Crippen MR) is 93.3 cm³/mol. The van der Waals surface area contributed by atoms with Gasteiger partial charge in [-0.25, -0.2) is 4.98 Å². The highest BCUT2D eigenvalue weighted by Gasteiger charge is 2.13. The van der Waals surface area contributed by atoms with Gasteiger partial charge in [-0.05, 0) is 24.6 Å². The zero-order valence-electron chi connectivity index (χ0n) is 13.2. The lowest BCUT2D eigenvalue weighted by Crippen LogP contribution is -2.24. The van der Waals surface area contributed by atoms with Crippen LogP contribution in [0.2, 0.25) is 5.02 Å². The number of carbonyl (C=O) groups excluding carboxylic acids is 1. The van der Waals surface area contributed by atoms with Crippen LogP contribution >= 0.6 is 23.4 Å². The van der Waals surface area contributed by atoms with Crippen LogP contribution in [0.3, 0.4) is 0 Å². The van der Waals surface area contributed by atoms with Gasteiger partial charge in [0.2, 0.25) is 0 Å². The second-order valence-corrected chi connectivity index (χ2v) is 6.46. The standard InChI is InChI=1S/C16H19ClN2O3S/c1-3-4-5-8-19-15(21)12-7-6-11(17)9-13(12)18-16(19)23-10-14(20)22-2/h6-7,9H,3-5,8,10H2,1-2H3. The normalized spacial score (nSPS) is 10.9. The lowest BCUT2D eigenvalue weighted by atomic mass is 10.2. The van der Waals surface area contributed by atoms with E-state index < -0.39 is 0 Å². The smallest absolute Gasteiger partial charge is 0.316 e. The van der Waals surface area contributed by atoms with Crippen molar-refractivity contribution in [1.82, 2.24) is 9.55 Å². The van der Waals surface area contributed by atoms with Crippen molar-refractivity contribution in [3.05, 3.63) is 33.6 Å². The molecule has 0 atom stereocenters. The Labute approximate surface area is 144 Å². The number of hydrogen-bond acceptors (Lipinski definition) is 5. The lowest BCUT2D eigenvalue weighted by molar-refractivity contribution is -0.137. The quantitative estimate of drug-likeness (QED) is 0.329. The molecule has 0 fully saturated rings. The molecule has 0 amide bonds. The number of esters is 1. The topological polar surface area (TPSA) is 61.2 Å². The van der Waals surface area contributed by atoms with E-state index in [4.69, 9.17) is 11.6 Å². The van der Waals surface area contributed by atoms with Gasteiger partial charge in [0.1, 0.15) is 0 Å². The molecule has 1 heterocycles. The third-order valence-corrected chi connectivity index (χ3v) is 4.60. The second-order valence-electron chi connectivity index (χ2n) is 5.08. The summed E-state index contributed by atoms with van der Waals surface area (Å²) in [4.78, 5) is 28.6. The Morgan fingerprint density at radius 1 is 1.39 bits per heavy atom. The Hall–Kier alpha value is -1.53. The zero-order valence-corrected chi connectivity index (χ0v) is 14.7. The minimum Gasteiger partial charge on any atom is -0.468 e. The Morgan fingerprint density at radius 3 is 2.87 bits per heavy atom. The fourth-order valence-corrected chi connectivity index (χ4v) is 3.21. The highest BCUT2D eigenvalue weighted by Crippen LogP contribution is 2.21. The molecule has 0 unspecified atom stereocenters. The average molecular weight is 355 g/mol.